The fourth-order valence-electron chi connectivity index (χ4n) is 0.878. The average Bonchev–Trinajstić information content (AvgIpc) is 2.33. The van der Waals surface area contributed by atoms with Crippen molar-refractivity contribution in [3.63, 3.8) is 0 Å². The van der Waals surface area contributed by atoms with Crippen LogP contribution in [0.5, 0.6) is 0 Å². The number of hydrogen-bond donors (Lipinski definition) is 4. The zero-order valence-electron chi connectivity index (χ0n) is 14.1. The molecule has 0 bridgehead atoms. The van der Waals surface area contributed by atoms with Crippen LogP contribution < -0.4 is 44.2 Å². The van der Waals surface area contributed by atoms with Crippen molar-refractivity contribution in [1.82, 2.24) is 12.3 Å². The Morgan fingerprint density at radius 1 is 0.538 bits per heavy atom. The van der Waals surface area contributed by atoms with Crippen molar-refractivity contribution < 1.29 is 81.7 Å². The van der Waals surface area contributed by atoms with E-state index in [1.54, 1.807) is 0 Å². The summed E-state index contributed by atoms with van der Waals surface area (Å²) in [6.45, 7) is 1.65. The number of unbranched alkanes of at least 4 members (excludes halogenated alkanes) is 3. The molecular weight excluding hydrogens is 718 g/mol. The maximum atomic E-state index is 9.28. The second kappa shape index (κ2) is 35.2. The van der Waals surface area contributed by atoms with E-state index in [9.17, 15) is 39.6 Å². The van der Waals surface area contributed by atoms with E-state index in [1.807, 2.05) is 0 Å². The number of aliphatic carboxylic acids is 4. The molecule has 0 atom stereocenters. The number of carboxylic acids is 4. The van der Waals surface area contributed by atoms with Gasteiger partial charge in [0.25, 0.3) is 0 Å². The molecule has 0 heterocycles. The van der Waals surface area contributed by atoms with Crippen LogP contribution in [0.1, 0.15) is 38.5 Å². The summed E-state index contributed by atoms with van der Waals surface area (Å²) in [6.07, 6.45) is 2.74. The molecule has 0 spiro atoms. The van der Waals surface area contributed by atoms with E-state index in [0.29, 0.717) is 0 Å². The first kappa shape index (κ1) is 44.5. The molecule has 0 fully saturated rings. The number of nitrogens with two attached hydrogens (primary N) is 2. The van der Waals surface area contributed by atoms with Crippen LogP contribution in [0.2, 0.25) is 0 Å². The average molecular weight is 745 g/mol. The van der Waals surface area contributed by atoms with Crippen molar-refractivity contribution in [3.8, 4) is 0 Å². The fraction of sp³-hybridized carbons (Fsp3) is 0.667. The molecular formula is C12H26N4O8Pt2+4. The fourth-order valence-corrected chi connectivity index (χ4v) is 0.878. The first-order valence-electron chi connectivity index (χ1n) is 6.36. The Labute approximate surface area is 180 Å². The Morgan fingerprint density at radius 3 is 0.808 bits per heavy atom. The van der Waals surface area contributed by atoms with E-state index in [2.05, 4.69) is 0 Å². The summed E-state index contributed by atoms with van der Waals surface area (Å²) in [5.74, 6) is -6.50. The van der Waals surface area contributed by atoms with Gasteiger partial charge < -0.3 is 63.4 Å². The minimum absolute atomic E-state index is 0. The van der Waals surface area contributed by atoms with Gasteiger partial charge in [-0.15, -0.1) is 0 Å². The molecule has 0 unspecified atom stereocenters. The third-order valence-corrected chi connectivity index (χ3v) is 1.74. The monoisotopic (exact) mass is 744 g/mol. The van der Waals surface area contributed by atoms with Crippen LogP contribution in [0.3, 0.4) is 0 Å². The smallest absolute Gasteiger partial charge is 0.550 e. The predicted molar refractivity (Wildman–Crippen MR) is 75.9 cm³/mol. The Balaban J connectivity index is -0.0000000388. The number of rotatable bonds is 9. The van der Waals surface area contributed by atoms with Crippen LogP contribution in [0.4, 0.5) is 0 Å². The molecule has 0 aliphatic carbocycles. The molecule has 26 heavy (non-hydrogen) atoms. The van der Waals surface area contributed by atoms with Gasteiger partial charge in [0.1, 0.15) is 0 Å². The van der Waals surface area contributed by atoms with Crippen molar-refractivity contribution in [3.05, 3.63) is 0 Å². The van der Waals surface area contributed by atoms with E-state index < -0.39 is 36.7 Å². The van der Waals surface area contributed by atoms with E-state index in [-0.39, 0.29) is 54.4 Å². The maximum Gasteiger partial charge on any atom is 4.00 e. The van der Waals surface area contributed by atoms with Crippen molar-refractivity contribution in [2.45, 2.75) is 38.5 Å². The summed E-state index contributed by atoms with van der Waals surface area (Å²) in [5.41, 5.74) is 10.6. The molecule has 10 N–H and O–H groups in total. The van der Waals surface area contributed by atoms with Gasteiger partial charge in [-0.25, -0.2) is 0 Å². The number of carbonyl (C=O) groups is 4. The molecule has 0 aliphatic rings. The number of carboxylic acid groups (broad SMARTS) is 4. The van der Waals surface area contributed by atoms with Crippen LogP contribution in [-0.2, 0) is 61.3 Å². The van der Waals surface area contributed by atoms with Gasteiger partial charge >= 0.3 is 42.1 Å². The molecule has 0 radical (unpaired) electrons. The van der Waals surface area contributed by atoms with Crippen LogP contribution in [0.25, 0.3) is 0 Å². The molecule has 0 aromatic carbocycles. The largest absolute Gasteiger partial charge is 4.00 e. The standard InChI is InChI=1S/C6H16N2.2C3H4O4.2H3N.2Pt/c7-5-3-1-2-4-6-8;2*4-2(5)1-3(6)7;;;;/h1-8H2;2*1H2,(H,4,5)(H,6,7);2*1H3;;/q;;;;;2*+4/p-4. The van der Waals surface area contributed by atoms with Gasteiger partial charge in [-0.1, -0.05) is 12.8 Å². The quantitative estimate of drug-likeness (QED) is 0.127. The Bertz CT molecular complexity index is 293. The van der Waals surface area contributed by atoms with E-state index in [0.717, 1.165) is 25.9 Å². The number of carbonyl (C=O) groups excluding carboxylic acids is 4. The van der Waals surface area contributed by atoms with E-state index >= 15 is 0 Å². The minimum Gasteiger partial charge on any atom is -0.550 e. The van der Waals surface area contributed by atoms with Gasteiger partial charge in [-0.2, -0.15) is 0 Å². The Kier molecular flexibility index (Phi) is 60.3. The van der Waals surface area contributed by atoms with Gasteiger partial charge in [0, 0.05) is 36.7 Å². The van der Waals surface area contributed by atoms with Crippen molar-refractivity contribution in [2.24, 2.45) is 11.5 Å². The second-order valence-electron chi connectivity index (χ2n) is 3.83. The molecule has 14 heteroatoms. The Hall–Kier alpha value is -0.903. The van der Waals surface area contributed by atoms with Crippen LogP contribution >= 0.6 is 0 Å². The topological polar surface area (TPSA) is 283 Å². The molecule has 0 aromatic heterocycles. The molecule has 0 saturated heterocycles. The Morgan fingerprint density at radius 2 is 0.731 bits per heavy atom. The summed E-state index contributed by atoms with van der Waals surface area (Å²) in [7, 11) is 0. The SMILES string of the molecule is N.N.NCCCCCCN.O=C([O-])CC(=O)[O-].O=C([O-])CC(=O)[O-].[Pt+4].[Pt+4]. The van der Waals surface area contributed by atoms with Gasteiger partial charge in [0.05, 0.1) is 0 Å². The summed E-state index contributed by atoms with van der Waals surface area (Å²) < 4.78 is 0. The third-order valence-electron chi connectivity index (χ3n) is 1.74. The first-order chi connectivity index (χ1) is 10.2. The van der Waals surface area contributed by atoms with Gasteiger partial charge in [-0.05, 0) is 25.9 Å². The van der Waals surface area contributed by atoms with Crippen LogP contribution in [0, 0.1) is 0 Å². The van der Waals surface area contributed by atoms with Crippen molar-refractivity contribution in [1.29, 1.82) is 0 Å². The minimum atomic E-state index is -1.63. The zero-order chi connectivity index (χ0) is 18.0. The molecule has 0 aliphatic heterocycles. The number of hydrogen-bond acceptors (Lipinski definition) is 12. The second-order valence-corrected chi connectivity index (χ2v) is 3.83. The van der Waals surface area contributed by atoms with Gasteiger partial charge in [0.15, 0.2) is 0 Å². The molecule has 158 valence electrons. The summed E-state index contributed by atoms with van der Waals surface area (Å²) >= 11 is 0. The molecule has 0 saturated carbocycles. The normalized spacial score (nSPS) is 7.31. The van der Waals surface area contributed by atoms with Crippen LogP contribution in [-0.4, -0.2) is 37.0 Å². The molecule has 0 aromatic rings. The van der Waals surface area contributed by atoms with Gasteiger partial charge in [0.2, 0.25) is 0 Å². The molecule has 12 nitrogen and oxygen atoms in total. The van der Waals surface area contributed by atoms with Crippen molar-refractivity contribution >= 4 is 23.9 Å². The van der Waals surface area contributed by atoms with E-state index in [4.69, 9.17) is 11.5 Å². The summed E-state index contributed by atoms with van der Waals surface area (Å²) in [5, 5.41) is 37.1. The zero-order valence-corrected chi connectivity index (χ0v) is 18.7. The van der Waals surface area contributed by atoms with Crippen molar-refractivity contribution in [2.75, 3.05) is 13.1 Å². The third kappa shape index (κ3) is 77.1. The maximum absolute atomic E-state index is 9.28. The summed E-state index contributed by atoms with van der Waals surface area (Å²) in [4.78, 5) is 37.1. The predicted octanol–water partition coefficient (Wildman–Crippen LogP) is -5.46. The summed E-state index contributed by atoms with van der Waals surface area (Å²) in [6, 6.07) is 0. The molecule has 0 rings (SSSR count). The van der Waals surface area contributed by atoms with E-state index in [1.165, 1.54) is 12.8 Å². The molecule has 0 amide bonds. The van der Waals surface area contributed by atoms with Gasteiger partial charge in [-0.3, -0.25) is 0 Å². The van der Waals surface area contributed by atoms with Crippen LogP contribution in [0.15, 0.2) is 0 Å². The first-order valence-corrected chi connectivity index (χ1v) is 6.36.